The molecule has 0 nitrogen and oxygen atoms in total. The number of fused-ring (bicyclic) bond motifs is 3. The van der Waals surface area contributed by atoms with E-state index in [0.29, 0.717) is 0 Å². The van der Waals surface area contributed by atoms with Crippen LogP contribution in [0.25, 0.3) is 11.1 Å². The van der Waals surface area contributed by atoms with Crippen LogP contribution in [0.5, 0.6) is 0 Å². The van der Waals surface area contributed by atoms with E-state index in [1.54, 1.807) is 11.1 Å². The Labute approximate surface area is 295 Å². The van der Waals surface area contributed by atoms with E-state index in [9.17, 15) is 0 Å². The van der Waals surface area contributed by atoms with E-state index in [2.05, 4.69) is 100 Å². The van der Waals surface area contributed by atoms with E-state index in [0.717, 1.165) is 59.2 Å². The molecular formula is C49H54. The zero-order valence-corrected chi connectivity index (χ0v) is 30.3. The second-order valence-corrected chi connectivity index (χ2v) is 19.0. The Balaban J connectivity index is 1.16. The van der Waals surface area contributed by atoms with Gasteiger partial charge < -0.3 is 0 Å². The number of hydrogen-bond donors (Lipinski definition) is 0. The first-order valence-electron chi connectivity index (χ1n) is 20.3. The van der Waals surface area contributed by atoms with Crippen molar-refractivity contribution in [1.29, 1.82) is 0 Å². The summed E-state index contributed by atoms with van der Waals surface area (Å²) in [5.74, 6) is 9.03. The second-order valence-electron chi connectivity index (χ2n) is 19.0. The van der Waals surface area contributed by atoms with E-state index in [4.69, 9.17) is 0 Å². The lowest BCUT2D eigenvalue weighted by molar-refractivity contribution is -0.00284. The molecule has 49 heavy (non-hydrogen) atoms. The zero-order chi connectivity index (χ0) is 32.8. The molecule has 0 saturated heterocycles. The highest BCUT2D eigenvalue weighted by Gasteiger charge is 2.52. The molecule has 250 valence electrons. The predicted octanol–water partition coefficient (Wildman–Crippen LogP) is 12.4. The first-order valence-corrected chi connectivity index (χ1v) is 20.3. The van der Waals surface area contributed by atoms with Crippen LogP contribution in [0, 0.1) is 75.0 Å². The highest BCUT2D eigenvalue weighted by Crippen LogP contribution is 2.63. The average Bonchev–Trinajstić information content (AvgIpc) is 3.32. The first kappa shape index (κ1) is 29.6. The molecule has 0 aliphatic heterocycles. The van der Waals surface area contributed by atoms with Crippen LogP contribution in [0.3, 0.4) is 0 Å². The van der Waals surface area contributed by atoms with Crippen LogP contribution in [-0.2, 0) is 5.41 Å². The lowest BCUT2D eigenvalue weighted by Gasteiger charge is -2.55. The highest BCUT2D eigenvalue weighted by molar-refractivity contribution is 5.87. The second kappa shape index (κ2) is 10.5. The lowest BCUT2D eigenvalue weighted by atomic mass is 9.50. The molecule has 13 rings (SSSR count). The molecule has 0 N–H and O–H groups in total. The maximum absolute atomic E-state index is 2.76. The van der Waals surface area contributed by atoms with E-state index in [1.165, 1.54) is 120 Å². The third-order valence-corrected chi connectivity index (χ3v) is 15.7. The van der Waals surface area contributed by atoms with Crippen molar-refractivity contribution in [2.75, 3.05) is 0 Å². The van der Waals surface area contributed by atoms with Crippen molar-refractivity contribution in [3.8, 4) is 11.1 Å². The third kappa shape index (κ3) is 4.28. The molecule has 0 heteroatoms. The largest absolute Gasteiger partial charge is 0.0714 e. The van der Waals surface area contributed by atoms with Crippen molar-refractivity contribution >= 4 is 0 Å². The highest BCUT2D eigenvalue weighted by atomic mass is 14.6. The summed E-state index contributed by atoms with van der Waals surface area (Å²) >= 11 is 0. The minimum absolute atomic E-state index is 0.317. The number of hydrogen-bond acceptors (Lipinski definition) is 0. The Morgan fingerprint density at radius 2 is 0.755 bits per heavy atom. The van der Waals surface area contributed by atoms with Gasteiger partial charge in [-0.15, -0.1) is 0 Å². The van der Waals surface area contributed by atoms with Gasteiger partial charge in [0.1, 0.15) is 0 Å². The van der Waals surface area contributed by atoms with Gasteiger partial charge in [-0.25, -0.2) is 0 Å². The molecule has 9 aliphatic carbocycles. The van der Waals surface area contributed by atoms with Crippen LogP contribution in [0.1, 0.15) is 132 Å². The van der Waals surface area contributed by atoms with Gasteiger partial charge in [-0.2, -0.15) is 0 Å². The summed E-state index contributed by atoms with van der Waals surface area (Å²) in [6, 6.07) is 30.7. The molecule has 0 atom stereocenters. The molecule has 4 aromatic carbocycles. The van der Waals surface area contributed by atoms with Gasteiger partial charge in [-0.3, -0.25) is 0 Å². The van der Waals surface area contributed by atoms with Crippen molar-refractivity contribution in [1.82, 2.24) is 0 Å². The SMILES string of the molecule is Cc1cc(C2C3CC4CC(C3)CC2C4)cc(C2(c3cc(C)cc(C4C5CC6CC(C5)CC4C6)c3)c3cc(C)ccc3-c3ccc(C)cc32)c1. The van der Waals surface area contributed by atoms with Crippen LogP contribution in [0.4, 0.5) is 0 Å². The molecule has 0 amide bonds. The third-order valence-electron chi connectivity index (χ3n) is 15.7. The molecule has 8 fully saturated rings. The monoisotopic (exact) mass is 642 g/mol. The average molecular weight is 643 g/mol. The Morgan fingerprint density at radius 1 is 0.388 bits per heavy atom. The van der Waals surface area contributed by atoms with E-state index in [-0.39, 0.29) is 5.41 Å². The van der Waals surface area contributed by atoms with Crippen LogP contribution < -0.4 is 0 Å². The predicted molar refractivity (Wildman–Crippen MR) is 202 cm³/mol. The molecule has 8 saturated carbocycles. The molecule has 0 radical (unpaired) electrons. The van der Waals surface area contributed by atoms with Crippen molar-refractivity contribution in [3.05, 3.63) is 128 Å². The zero-order valence-electron chi connectivity index (χ0n) is 30.3. The smallest absolute Gasteiger partial charge is 0.0587 e. The minimum Gasteiger partial charge on any atom is -0.0587 e. The Kier molecular flexibility index (Phi) is 6.32. The maximum atomic E-state index is 2.76. The first-order chi connectivity index (χ1) is 23.8. The van der Waals surface area contributed by atoms with Gasteiger partial charge in [0.2, 0.25) is 0 Å². The molecule has 0 heterocycles. The van der Waals surface area contributed by atoms with E-state index in [1.807, 2.05) is 0 Å². The summed E-state index contributed by atoms with van der Waals surface area (Å²) in [6.45, 7) is 9.42. The Hall–Kier alpha value is -3.12. The van der Waals surface area contributed by atoms with Gasteiger partial charge in [-0.1, -0.05) is 95.1 Å². The quantitative estimate of drug-likeness (QED) is 0.183. The fraction of sp³-hybridized carbons (Fsp3) is 0.510. The van der Waals surface area contributed by atoms with Gasteiger partial charge >= 0.3 is 0 Å². The van der Waals surface area contributed by atoms with Crippen LogP contribution in [0.2, 0.25) is 0 Å². The maximum Gasteiger partial charge on any atom is 0.0714 e. The molecule has 4 aromatic rings. The fourth-order valence-electron chi connectivity index (χ4n) is 14.7. The Morgan fingerprint density at radius 3 is 1.12 bits per heavy atom. The van der Waals surface area contributed by atoms with Gasteiger partial charge in [0, 0.05) is 0 Å². The van der Waals surface area contributed by atoms with Crippen molar-refractivity contribution in [2.24, 2.45) is 47.3 Å². The van der Waals surface area contributed by atoms with Crippen molar-refractivity contribution in [3.63, 3.8) is 0 Å². The van der Waals surface area contributed by atoms with Crippen molar-refractivity contribution in [2.45, 2.75) is 109 Å². The lowest BCUT2D eigenvalue weighted by Crippen LogP contribution is -2.44. The topological polar surface area (TPSA) is 0 Å². The fourth-order valence-corrected chi connectivity index (χ4v) is 14.7. The standard InChI is InChI=1S/C49H54/c1-27-5-7-43-44-8-6-28(2)14-46(44)49(45(43)13-27,41-11-29(3)9-35(25-41)47-37-17-31-15-32(19-37)20-38(47)18-31)42-12-30(4)10-36(26-42)48-39-21-33-16-34(23-39)24-40(48)22-33/h5-14,25-26,31-34,37-40,47-48H,15-24H2,1-4H3. The number of rotatable bonds is 4. The van der Waals surface area contributed by atoms with Gasteiger partial charge in [0.15, 0.2) is 0 Å². The number of aryl methyl sites for hydroxylation is 4. The Bertz CT molecular complexity index is 1800. The molecular weight excluding hydrogens is 589 g/mol. The summed E-state index contributed by atoms with van der Waals surface area (Å²) in [5.41, 5.74) is 17.6. The summed E-state index contributed by atoms with van der Waals surface area (Å²) < 4.78 is 0. The molecule has 8 bridgehead atoms. The van der Waals surface area contributed by atoms with Crippen LogP contribution >= 0.6 is 0 Å². The molecule has 0 unspecified atom stereocenters. The van der Waals surface area contributed by atoms with Gasteiger partial charge in [0.05, 0.1) is 5.41 Å². The van der Waals surface area contributed by atoms with E-state index < -0.39 is 0 Å². The minimum atomic E-state index is -0.317. The molecule has 0 spiro atoms. The molecule has 0 aromatic heterocycles. The van der Waals surface area contributed by atoms with Gasteiger partial charge in [-0.05, 0) is 196 Å². The van der Waals surface area contributed by atoms with Gasteiger partial charge in [0.25, 0.3) is 0 Å². The van der Waals surface area contributed by atoms with Crippen LogP contribution in [-0.4, -0.2) is 0 Å². The summed E-state index contributed by atoms with van der Waals surface area (Å²) in [5, 5.41) is 0. The van der Waals surface area contributed by atoms with Crippen molar-refractivity contribution < 1.29 is 0 Å². The van der Waals surface area contributed by atoms with E-state index >= 15 is 0 Å². The normalized spacial score (nSPS) is 35.5. The summed E-state index contributed by atoms with van der Waals surface area (Å²) in [6.07, 6.45) is 14.8. The molecule has 9 aliphatic rings. The summed E-state index contributed by atoms with van der Waals surface area (Å²) in [7, 11) is 0. The summed E-state index contributed by atoms with van der Waals surface area (Å²) in [4.78, 5) is 0. The number of benzene rings is 4. The van der Waals surface area contributed by atoms with Crippen LogP contribution in [0.15, 0.2) is 72.8 Å².